The van der Waals surface area contributed by atoms with Crippen LogP contribution in [0.15, 0.2) is 48.5 Å². The van der Waals surface area contributed by atoms with Gasteiger partial charge in [-0.1, -0.05) is 48.5 Å². The molecule has 21 heavy (non-hydrogen) atoms. The molecule has 1 fully saturated rings. The Balaban J connectivity index is 1.58. The maximum absolute atomic E-state index is 3.79. The van der Waals surface area contributed by atoms with E-state index >= 15 is 0 Å². The van der Waals surface area contributed by atoms with Gasteiger partial charge in [-0.2, -0.15) is 0 Å². The number of hydrogen-bond donors (Lipinski definition) is 1. The van der Waals surface area contributed by atoms with Crippen molar-refractivity contribution >= 4 is 0 Å². The quantitative estimate of drug-likeness (QED) is 0.839. The highest BCUT2D eigenvalue weighted by Crippen LogP contribution is 2.39. The minimum Gasteiger partial charge on any atom is -0.307 e. The van der Waals surface area contributed by atoms with Crippen molar-refractivity contribution in [1.29, 1.82) is 0 Å². The van der Waals surface area contributed by atoms with Crippen LogP contribution in [0.2, 0.25) is 0 Å². The van der Waals surface area contributed by atoms with Gasteiger partial charge in [0, 0.05) is 12.1 Å². The highest BCUT2D eigenvalue weighted by atomic mass is 15.0. The van der Waals surface area contributed by atoms with Gasteiger partial charge < -0.3 is 5.32 Å². The van der Waals surface area contributed by atoms with Gasteiger partial charge >= 0.3 is 0 Å². The average Bonchev–Trinajstić information content (AvgIpc) is 2.44. The van der Waals surface area contributed by atoms with E-state index < -0.39 is 0 Å². The zero-order valence-electron chi connectivity index (χ0n) is 13.3. The summed E-state index contributed by atoms with van der Waals surface area (Å²) in [5.41, 5.74) is 5.79. The lowest BCUT2D eigenvalue weighted by atomic mass is 9.74. The Labute approximate surface area is 128 Å². The van der Waals surface area contributed by atoms with Gasteiger partial charge in [-0.05, 0) is 61.8 Å². The predicted octanol–water partition coefficient (Wildman–Crippen LogP) is 4.90. The van der Waals surface area contributed by atoms with Crippen LogP contribution in [0, 0.1) is 13.8 Å². The first-order chi connectivity index (χ1) is 10.1. The maximum Gasteiger partial charge on any atom is 0.0296 e. The minimum absolute atomic E-state index is 0.439. The molecule has 1 aliphatic rings. The van der Waals surface area contributed by atoms with Crippen molar-refractivity contribution in [2.24, 2.45) is 0 Å². The summed E-state index contributed by atoms with van der Waals surface area (Å²) in [5.74, 6) is 0.743. The van der Waals surface area contributed by atoms with Crippen LogP contribution >= 0.6 is 0 Å². The SMILES string of the molecule is Cc1ccccc1C1CC(N[C@@H](C)c2ccccc2C)C1. The van der Waals surface area contributed by atoms with Crippen LogP contribution in [-0.2, 0) is 0 Å². The summed E-state index contributed by atoms with van der Waals surface area (Å²) in [6.07, 6.45) is 2.53. The molecule has 0 aliphatic heterocycles. The Bertz CT molecular complexity index is 611. The zero-order valence-corrected chi connectivity index (χ0v) is 13.3. The van der Waals surface area contributed by atoms with Crippen LogP contribution in [0.5, 0.6) is 0 Å². The largest absolute Gasteiger partial charge is 0.307 e. The van der Waals surface area contributed by atoms with E-state index in [1.165, 1.54) is 29.5 Å². The van der Waals surface area contributed by atoms with Crippen LogP contribution in [0.4, 0.5) is 0 Å². The Morgan fingerprint density at radius 3 is 2.19 bits per heavy atom. The van der Waals surface area contributed by atoms with Gasteiger partial charge in [0.15, 0.2) is 0 Å². The van der Waals surface area contributed by atoms with Gasteiger partial charge in [-0.3, -0.25) is 0 Å². The van der Waals surface area contributed by atoms with E-state index in [2.05, 4.69) is 74.6 Å². The lowest BCUT2D eigenvalue weighted by molar-refractivity contribution is 0.270. The summed E-state index contributed by atoms with van der Waals surface area (Å²) in [6.45, 7) is 6.71. The summed E-state index contributed by atoms with van der Waals surface area (Å²) in [7, 11) is 0. The van der Waals surface area contributed by atoms with E-state index in [9.17, 15) is 0 Å². The molecule has 0 unspecified atom stereocenters. The third-order valence-corrected chi connectivity index (χ3v) is 4.91. The highest BCUT2D eigenvalue weighted by Gasteiger charge is 2.31. The van der Waals surface area contributed by atoms with E-state index in [0.717, 1.165) is 5.92 Å². The molecule has 1 nitrogen and oxygen atoms in total. The fraction of sp³-hybridized carbons (Fsp3) is 0.400. The first kappa shape index (κ1) is 14.3. The molecule has 110 valence electrons. The molecule has 2 aromatic carbocycles. The average molecular weight is 279 g/mol. The van der Waals surface area contributed by atoms with Gasteiger partial charge in [-0.15, -0.1) is 0 Å². The maximum atomic E-state index is 3.79. The molecule has 0 radical (unpaired) electrons. The third-order valence-electron chi connectivity index (χ3n) is 4.91. The Morgan fingerprint density at radius 2 is 1.52 bits per heavy atom. The van der Waals surface area contributed by atoms with Crippen molar-refractivity contribution in [3.8, 4) is 0 Å². The fourth-order valence-corrected chi connectivity index (χ4v) is 3.57. The lowest BCUT2D eigenvalue weighted by Crippen LogP contribution is -2.41. The van der Waals surface area contributed by atoms with Crippen molar-refractivity contribution in [3.05, 3.63) is 70.8 Å². The van der Waals surface area contributed by atoms with Crippen molar-refractivity contribution in [2.45, 2.75) is 51.6 Å². The second-order valence-electron chi connectivity index (χ2n) is 6.47. The number of hydrogen-bond acceptors (Lipinski definition) is 1. The summed E-state index contributed by atoms with van der Waals surface area (Å²) in [4.78, 5) is 0. The standard InChI is InChI=1S/C20H25N/c1-14-8-4-6-10-19(14)16(3)21-18-12-17(13-18)20-11-7-5-9-15(20)2/h4-11,16-18,21H,12-13H2,1-3H3/t16-,17?,18?/m0/s1. The smallest absolute Gasteiger partial charge is 0.0296 e. The Hall–Kier alpha value is -1.60. The molecule has 1 heteroatoms. The molecule has 0 saturated heterocycles. The monoisotopic (exact) mass is 279 g/mol. The number of nitrogens with one attached hydrogen (secondary N) is 1. The van der Waals surface area contributed by atoms with E-state index in [-0.39, 0.29) is 0 Å². The molecule has 2 aromatic rings. The molecule has 0 heterocycles. The zero-order chi connectivity index (χ0) is 14.8. The molecular weight excluding hydrogens is 254 g/mol. The molecule has 0 aromatic heterocycles. The van der Waals surface area contributed by atoms with Gasteiger partial charge in [-0.25, -0.2) is 0 Å². The van der Waals surface area contributed by atoms with Gasteiger partial charge in [0.25, 0.3) is 0 Å². The molecule has 1 saturated carbocycles. The summed E-state index contributed by atoms with van der Waals surface area (Å²) < 4.78 is 0. The van der Waals surface area contributed by atoms with Crippen LogP contribution in [0.25, 0.3) is 0 Å². The van der Waals surface area contributed by atoms with Crippen LogP contribution < -0.4 is 5.32 Å². The highest BCUT2D eigenvalue weighted by molar-refractivity contribution is 5.32. The predicted molar refractivity (Wildman–Crippen MR) is 89.7 cm³/mol. The van der Waals surface area contributed by atoms with Crippen LogP contribution in [0.1, 0.15) is 54.0 Å². The third kappa shape index (κ3) is 3.03. The topological polar surface area (TPSA) is 12.0 Å². The first-order valence-corrected chi connectivity index (χ1v) is 8.02. The molecule has 0 spiro atoms. The lowest BCUT2D eigenvalue weighted by Gasteiger charge is -2.39. The van der Waals surface area contributed by atoms with Crippen molar-refractivity contribution in [1.82, 2.24) is 5.32 Å². The fourth-order valence-electron chi connectivity index (χ4n) is 3.57. The van der Waals surface area contributed by atoms with Crippen LogP contribution in [-0.4, -0.2) is 6.04 Å². The minimum atomic E-state index is 0.439. The van der Waals surface area contributed by atoms with E-state index in [4.69, 9.17) is 0 Å². The molecule has 1 atom stereocenters. The van der Waals surface area contributed by atoms with Gasteiger partial charge in [0.2, 0.25) is 0 Å². The Morgan fingerprint density at radius 1 is 0.905 bits per heavy atom. The Kier molecular flexibility index (Phi) is 4.12. The molecule has 0 bridgehead atoms. The molecule has 1 aliphatic carbocycles. The van der Waals surface area contributed by atoms with Crippen molar-refractivity contribution in [2.75, 3.05) is 0 Å². The number of rotatable bonds is 4. The molecule has 0 amide bonds. The normalized spacial score (nSPS) is 22.6. The van der Waals surface area contributed by atoms with E-state index in [1.807, 2.05) is 0 Å². The summed E-state index contributed by atoms with van der Waals surface area (Å²) in [5, 5.41) is 3.79. The van der Waals surface area contributed by atoms with Crippen LogP contribution in [0.3, 0.4) is 0 Å². The summed E-state index contributed by atoms with van der Waals surface area (Å²) in [6, 6.07) is 18.6. The van der Waals surface area contributed by atoms with E-state index in [0.29, 0.717) is 12.1 Å². The van der Waals surface area contributed by atoms with Gasteiger partial charge in [0.05, 0.1) is 0 Å². The number of aryl methyl sites for hydroxylation is 2. The summed E-state index contributed by atoms with van der Waals surface area (Å²) >= 11 is 0. The molecule has 1 N–H and O–H groups in total. The first-order valence-electron chi connectivity index (χ1n) is 8.02. The molecular formula is C20H25N. The van der Waals surface area contributed by atoms with Gasteiger partial charge in [0.1, 0.15) is 0 Å². The second kappa shape index (κ2) is 6.03. The van der Waals surface area contributed by atoms with E-state index in [1.54, 1.807) is 5.56 Å². The van der Waals surface area contributed by atoms with Crippen molar-refractivity contribution in [3.63, 3.8) is 0 Å². The number of benzene rings is 2. The second-order valence-corrected chi connectivity index (χ2v) is 6.47. The molecule has 3 rings (SSSR count). The van der Waals surface area contributed by atoms with Crippen molar-refractivity contribution < 1.29 is 0 Å².